The number of halogens is 1. The van der Waals surface area contributed by atoms with Crippen LogP contribution >= 0.6 is 11.8 Å². The maximum Gasteiger partial charge on any atom is 0.214 e. The van der Waals surface area contributed by atoms with E-state index < -0.39 is 0 Å². The summed E-state index contributed by atoms with van der Waals surface area (Å²) >= 11 is 1.21. The number of nitrogens with zero attached hydrogens (tertiary/aromatic N) is 4. The number of rotatable bonds is 5. The van der Waals surface area contributed by atoms with Gasteiger partial charge in [0.15, 0.2) is 5.78 Å². The first kappa shape index (κ1) is 14.4. The molecule has 0 N–H and O–H groups in total. The topological polar surface area (TPSA) is 60.7 Å². The molecule has 0 amide bonds. The van der Waals surface area contributed by atoms with Gasteiger partial charge in [0.25, 0.3) is 0 Å². The smallest absolute Gasteiger partial charge is 0.214 e. The van der Waals surface area contributed by atoms with Crippen molar-refractivity contribution in [3.63, 3.8) is 0 Å². The van der Waals surface area contributed by atoms with E-state index in [1.54, 1.807) is 24.3 Å². The molecule has 1 heterocycles. The summed E-state index contributed by atoms with van der Waals surface area (Å²) in [6.45, 7) is 0. The van der Waals surface area contributed by atoms with E-state index in [0.29, 0.717) is 16.4 Å². The van der Waals surface area contributed by atoms with Crippen LogP contribution in [-0.2, 0) is 0 Å². The summed E-state index contributed by atoms with van der Waals surface area (Å²) in [5.74, 6) is -0.177. The summed E-state index contributed by atoms with van der Waals surface area (Å²) in [7, 11) is 0. The standard InChI is InChI=1S/C15H11FN4OS/c16-12-7-4-8-13(9-12)20-15(17-18-19-20)22-10-14(21)11-5-2-1-3-6-11/h1-9H,10H2. The molecule has 0 bridgehead atoms. The second-order valence-electron chi connectivity index (χ2n) is 4.43. The molecule has 1 aromatic heterocycles. The van der Waals surface area contributed by atoms with Crippen molar-refractivity contribution in [2.45, 2.75) is 5.16 Å². The van der Waals surface area contributed by atoms with Gasteiger partial charge in [-0.15, -0.1) is 5.10 Å². The van der Waals surface area contributed by atoms with E-state index in [2.05, 4.69) is 15.5 Å². The van der Waals surface area contributed by atoms with E-state index >= 15 is 0 Å². The van der Waals surface area contributed by atoms with E-state index in [1.807, 2.05) is 18.2 Å². The van der Waals surface area contributed by atoms with E-state index in [4.69, 9.17) is 0 Å². The molecular weight excluding hydrogens is 303 g/mol. The first-order chi connectivity index (χ1) is 10.7. The maximum absolute atomic E-state index is 13.3. The average Bonchev–Trinajstić information content (AvgIpc) is 3.02. The Morgan fingerprint density at radius 1 is 1.14 bits per heavy atom. The minimum Gasteiger partial charge on any atom is -0.293 e. The van der Waals surface area contributed by atoms with Gasteiger partial charge >= 0.3 is 0 Å². The Morgan fingerprint density at radius 2 is 1.95 bits per heavy atom. The Kier molecular flexibility index (Phi) is 4.24. The number of carbonyl (C=O) groups is 1. The normalized spacial score (nSPS) is 10.6. The van der Waals surface area contributed by atoms with Gasteiger partial charge in [-0.05, 0) is 28.6 Å². The van der Waals surface area contributed by atoms with Crippen LogP contribution in [0.1, 0.15) is 10.4 Å². The van der Waals surface area contributed by atoms with Crippen LogP contribution in [0.4, 0.5) is 4.39 Å². The Balaban J connectivity index is 1.75. The fraction of sp³-hybridized carbons (Fsp3) is 0.0667. The minimum atomic E-state index is -0.371. The quantitative estimate of drug-likeness (QED) is 0.535. The molecule has 0 unspecified atom stereocenters. The molecule has 7 heteroatoms. The van der Waals surface area contributed by atoms with Crippen molar-refractivity contribution in [3.8, 4) is 5.69 Å². The number of Topliss-reactive ketones (excluding diaryl/α,β-unsaturated/α-hetero) is 1. The number of carbonyl (C=O) groups excluding carboxylic acids is 1. The first-order valence-corrected chi connectivity index (χ1v) is 7.48. The predicted molar refractivity (Wildman–Crippen MR) is 80.6 cm³/mol. The summed E-state index contributed by atoms with van der Waals surface area (Å²) in [5, 5.41) is 11.7. The summed E-state index contributed by atoms with van der Waals surface area (Å²) in [4.78, 5) is 12.1. The van der Waals surface area contributed by atoms with Crippen molar-refractivity contribution in [1.82, 2.24) is 20.2 Å². The first-order valence-electron chi connectivity index (χ1n) is 6.49. The highest BCUT2D eigenvalue weighted by Gasteiger charge is 2.12. The van der Waals surface area contributed by atoms with Gasteiger partial charge in [-0.25, -0.2) is 4.39 Å². The van der Waals surface area contributed by atoms with Crippen LogP contribution in [0.2, 0.25) is 0 Å². The number of ketones is 1. The lowest BCUT2D eigenvalue weighted by Crippen LogP contribution is -2.05. The zero-order valence-corrected chi connectivity index (χ0v) is 12.2. The van der Waals surface area contributed by atoms with Crippen molar-refractivity contribution in [1.29, 1.82) is 0 Å². The monoisotopic (exact) mass is 314 g/mol. The molecule has 0 saturated carbocycles. The largest absolute Gasteiger partial charge is 0.293 e. The van der Waals surface area contributed by atoms with E-state index in [9.17, 15) is 9.18 Å². The van der Waals surface area contributed by atoms with Gasteiger partial charge in [-0.3, -0.25) is 4.79 Å². The summed E-state index contributed by atoms with van der Waals surface area (Å²) in [6.07, 6.45) is 0. The number of hydrogen-bond acceptors (Lipinski definition) is 5. The lowest BCUT2D eigenvalue weighted by atomic mass is 10.2. The van der Waals surface area contributed by atoms with E-state index in [0.717, 1.165) is 0 Å². The summed E-state index contributed by atoms with van der Waals surface area (Å²) in [6, 6.07) is 15.0. The van der Waals surface area contributed by atoms with Crippen molar-refractivity contribution in [3.05, 3.63) is 66.0 Å². The zero-order chi connectivity index (χ0) is 15.4. The molecule has 0 radical (unpaired) electrons. The van der Waals surface area contributed by atoms with Crippen LogP contribution < -0.4 is 0 Å². The Morgan fingerprint density at radius 3 is 2.73 bits per heavy atom. The minimum absolute atomic E-state index is 0.0145. The molecule has 3 aromatic rings. The molecule has 0 fully saturated rings. The van der Waals surface area contributed by atoms with Gasteiger partial charge in [-0.2, -0.15) is 4.68 Å². The van der Waals surface area contributed by atoms with Crippen molar-refractivity contribution >= 4 is 17.5 Å². The number of thioether (sulfide) groups is 1. The Labute approximate surface area is 130 Å². The van der Waals surface area contributed by atoms with Gasteiger partial charge in [0.1, 0.15) is 5.82 Å². The van der Waals surface area contributed by atoms with Crippen LogP contribution in [0.15, 0.2) is 59.8 Å². The van der Waals surface area contributed by atoms with Gasteiger partial charge in [0.2, 0.25) is 5.16 Å². The van der Waals surface area contributed by atoms with Crippen LogP contribution in [0.3, 0.4) is 0 Å². The van der Waals surface area contributed by atoms with E-state index in [-0.39, 0.29) is 17.4 Å². The van der Waals surface area contributed by atoms with Crippen molar-refractivity contribution in [2.75, 3.05) is 5.75 Å². The number of tetrazole rings is 1. The third-order valence-corrected chi connectivity index (χ3v) is 3.84. The third-order valence-electron chi connectivity index (χ3n) is 2.92. The molecule has 0 aliphatic rings. The second kappa shape index (κ2) is 6.48. The van der Waals surface area contributed by atoms with Gasteiger partial charge in [-0.1, -0.05) is 48.2 Å². The van der Waals surface area contributed by atoms with Crippen LogP contribution in [0, 0.1) is 5.82 Å². The highest BCUT2D eigenvalue weighted by Crippen LogP contribution is 2.19. The number of hydrogen-bond donors (Lipinski definition) is 0. The SMILES string of the molecule is O=C(CSc1nnnn1-c1cccc(F)c1)c1ccccc1. The Bertz CT molecular complexity index is 791. The number of aromatic nitrogens is 4. The molecule has 0 spiro atoms. The van der Waals surface area contributed by atoms with Gasteiger partial charge in [0.05, 0.1) is 11.4 Å². The third kappa shape index (κ3) is 3.20. The number of benzene rings is 2. The van der Waals surface area contributed by atoms with Crippen LogP contribution in [0.5, 0.6) is 0 Å². The van der Waals surface area contributed by atoms with Crippen LogP contribution in [-0.4, -0.2) is 31.7 Å². The average molecular weight is 314 g/mol. The molecule has 22 heavy (non-hydrogen) atoms. The van der Waals surface area contributed by atoms with Crippen molar-refractivity contribution < 1.29 is 9.18 Å². The molecular formula is C15H11FN4OS. The van der Waals surface area contributed by atoms with Crippen molar-refractivity contribution in [2.24, 2.45) is 0 Å². The molecule has 2 aromatic carbocycles. The lowest BCUT2D eigenvalue weighted by molar-refractivity contribution is 0.102. The van der Waals surface area contributed by atoms with Gasteiger partial charge in [0, 0.05) is 5.56 Å². The molecule has 110 valence electrons. The molecule has 0 saturated heterocycles. The van der Waals surface area contributed by atoms with Gasteiger partial charge < -0.3 is 0 Å². The molecule has 0 aliphatic heterocycles. The highest BCUT2D eigenvalue weighted by molar-refractivity contribution is 7.99. The van der Waals surface area contributed by atoms with E-state index in [1.165, 1.54) is 28.6 Å². The predicted octanol–water partition coefficient (Wildman–Crippen LogP) is 2.78. The molecule has 0 aliphatic carbocycles. The fourth-order valence-electron chi connectivity index (χ4n) is 1.88. The lowest BCUT2D eigenvalue weighted by Gasteiger charge is -2.04. The van der Waals surface area contributed by atoms with Crippen LogP contribution in [0.25, 0.3) is 5.69 Å². The maximum atomic E-state index is 13.3. The Hall–Kier alpha value is -2.54. The molecule has 5 nitrogen and oxygen atoms in total. The fourth-order valence-corrected chi connectivity index (χ4v) is 2.66. The molecule has 3 rings (SSSR count). The zero-order valence-electron chi connectivity index (χ0n) is 11.4. The second-order valence-corrected chi connectivity index (χ2v) is 5.37. The summed E-state index contributed by atoms with van der Waals surface area (Å²) < 4.78 is 14.7. The molecule has 0 atom stereocenters. The summed E-state index contributed by atoms with van der Waals surface area (Å²) in [5.41, 5.74) is 1.15. The highest BCUT2D eigenvalue weighted by atomic mass is 32.2.